The van der Waals surface area contributed by atoms with E-state index in [1.165, 1.54) is 18.1 Å². The molecular formula is C18H21NO4. The zero-order valence-electron chi connectivity index (χ0n) is 13.4. The first kappa shape index (κ1) is 15.6. The Hall–Kier alpha value is -2.30. The van der Waals surface area contributed by atoms with Gasteiger partial charge in [0, 0.05) is 10.9 Å². The predicted octanol–water partition coefficient (Wildman–Crippen LogP) is 2.83. The van der Waals surface area contributed by atoms with Crippen LogP contribution >= 0.6 is 0 Å². The van der Waals surface area contributed by atoms with E-state index in [9.17, 15) is 14.7 Å². The summed E-state index contributed by atoms with van der Waals surface area (Å²) in [6, 6.07) is 4.17. The molecule has 1 aliphatic rings. The summed E-state index contributed by atoms with van der Waals surface area (Å²) in [6.45, 7) is 3.26. The standard InChI is InChI=1S/C18H21NO4/c1-3-18(2,17(21)22)19-16(20)9-13-10-23-15-8-12-6-4-5-11(12)7-14(13)15/h7-8,10H,3-6,9H2,1-2H3,(H,19,20)(H,21,22). The van der Waals surface area contributed by atoms with Crippen molar-refractivity contribution in [2.75, 3.05) is 0 Å². The third-order valence-corrected chi connectivity index (χ3v) is 4.81. The van der Waals surface area contributed by atoms with Crippen LogP contribution in [0.1, 0.15) is 43.4 Å². The average Bonchev–Trinajstić information content (AvgIpc) is 3.11. The zero-order chi connectivity index (χ0) is 16.6. The molecule has 5 nitrogen and oxygen atoms in total. The van der Waals surface area contributed by atoms with Crippen molar-refractivity contribution in [1.29, 1.82) is 0 Å². The Balaban J connectivity index is 1.82. The van der Waals surface area contributed by atoms with Gasteiger partial charge >= 0.3 is 5.97 Å². The largest absolute Gasteiger partial charge is 0.480 e. The number of hydrogen-bond acceptors (Lipinski definition) is 3. The van der Waals surface area contributed by atoms with Crippen molar-refractivity contribution in [2.45, 2.75) is 51.5 Å². The molecule has 0 aliphatic heterocycles. The molecule has 0 fully saturated rings. The highest BCUT2D eigenvalue weighted by atomic mass is 16.4. The first-order valence-corrected chi connectivity index (χ1v) is 7.99. The van der Waals surface area contributed by atoms with E-state index in [-0.39, 0.29) is 12.3 Å². The lowest BCUT2D eigenvalue weighted by Crippen LogP contribution is -2.52. The van der Waals surface area contributed by atoms with Crippen LogP contribution in [0, 0.1) is 0 Å². The number of benzene rings is 1. The number of carbonyl (C=O) groups is 2. The molecule has 1 unspecified atom stereocenters. The van der Waals surface area contributed by atoms with Gasteiger partial charge < -0.3 is 14.8 Å². The first-order chi connectivity index (χ1) is 10.9. The second kappa shape index (κ2) is 5.72. The van der Waals surface area contributed by atoms with Crippen LogP contribution in [0.2, 0.25) is 0 Å². The fourth-order valence-corrected chi connectivity index (χ4v) is 3.10. The molecule has 122 valence electrons. The third-order valence-electron chi connectivity index (χ3n) is 4.81. The van der Waals surface area contributed by atoms with Crippen molar-refractivity contribution in [1.82, 2.24) is 5.32 Å². The van der Waals surface area contributed by atoms with Gasteiger partial charge in [-0.05, 0) is 55.9 Å². The first-order valence-electron chi connectivity index (χ1n) is 7.99. The van der Waals surface area contributed by atoms with E-state index in [1.807, 2.05) is 0 Å². The number of hydrogen-bond donors (Lipinski definition) is 2. The Morgan fingerprint density at radius 2 is 2.00 bits per heavy atom. The molecule has 1 heterocycles. The van der Waals surface area contributed by atoms with Crippen LogP contribution in [0.25, 0.3) is 11.0 Å². The molecule has 0 bridgehead atoms. The van der Waals surface area contributed by atoms with Crippen molar-refractivity contribution in [3.63, 3.8) is 0 Å². The quantitative estimate of drug-likeness (QED) is 0.889. The van der Waals surface area contributed by atoms with Crippen LogP contribution in [0.3, 0.4) is 0 Å². The summed E-state index contributed by atoms with van der Waals surface area (Å²) in [7, 11) is 0. The monoisotopic (exact) mass is 315 g/mol. The fraction of sp³-hybridized carbons (Fsp3) is 0.444. The van der Waals surface area contributed by atoms with E-state index < -0.39 is 11.5 Å². The Morgan fingerprint density at radius 3 is 2.65 bits per heavy atom. The SMILES string of the molecule is CCC(C)(NC(=O)Cc1coc2cc3c(cc12)CCC3)C(=O)O. The number of aliphatic carboxylic acids is 1. The normalized spacial score (nSPS) is 16.1. The number of carboxylic acid groups (broad SMARTS) is 1. The van der Waals surface area contributed by atoms with E-state index in [4.69, 9.17) is 4.42 Å². The van der Waals surface area contributed by atoms with Gasteiger partial charge in [0.1, 0.15) is 11.1 Å². The lowest BCUT2D eigenvalue weighted by molar-refractivity contribution is -0.146. The van der Waals surface area contributed by atoms with Crippen LogP contribution < -0.4 is 5.32 Å². The number of furan rings is 1. The minimum absolute atomic E-state index is 0.120. The molecule has 0 radical (unpaired) electrons. The summed E-state index contributed by atoms with van der Waals surface area (Å²) in [6.07, 6.45) is 5.35. The average molecular weight is 315 g/mol. The van der Waals surface area contributed by atoms with E-state index in [0.29, 0.717) is 6.42 Å². The molecule has 1 aliphatic carbocycles. The summed E-state index contributed by atoms with van der Waals surface area (Å²) in [5, 5.41) is 12.8. The van der Waals surface area contributed by atoms with Crippen LogP contribution in [0.5, 0.6) is 0 Å². The van der Waals surface area contributed by atoms with Crippen LogP contribution in [-0.2, 0) is 28.9 Å². The molecule has 2 N–H and O–H groups in total. The number of carbonyl (C=O) groups excluding carboxylic acids is 1. The van der Waals surface area contributed by atoms with Gasteiger partial charge in [0.25, 0.3) is 0 Å². The summed E-state index contributed by atoms with van der Waals surface area (Å²) >= 11 is 0. The zero-order valence-corrected chi connectivity index (χ0v) is 13.4. The maximum Gasteiger partial charge on any atom is 0.329 e. The van der Waals surface area contributed by atoms with Crippen molar-refractivity contribution in [3.05, 3.63) is 35.1 Å². The molecule has 23 heavy (non-hydrogen) atoms. The maximum atomic E-state index is 12.3. The molecule has 1 aromatic carbocycles. The lowest BCUT2D eigenvalue weighted by Gasteiger charge is -2.24. The van der Waals surface area contributed by atoms with Crippen molar-refractivity contribution in [3.8, 4) is 0 Å². The number of rotatable bonds is 5. The van der Waals surface area contributed by atoms with Crippen molar-refractivity contribution >= 4 is 22.8 Å². The molecule has 1 atom stereocenters. The third kappa shape index (κ3) is 2.83. The van der Waals surface area contributed by atoms with E-state index in [0.717, 1.165) is 35.8 Å². The van der Waals surface area contributed by atoms with E-state index in [2.05, 4.69) is 17.4 Å². The van der Waals surface area contributed by atoms with Gasteiger partial charge in [-0.3, -0.25) is 4.79 Å². The Kier molecular flexibility index (Phi) is 3.88. The van der Waals surface area contributed by atoms with Crippen molar-refractivity contribution < 1.29 is 19.1 Å². The molecular weight excluding hydrogens is 294 g/mol. The summed E-state index contributed by atoms with van der Waals surface area (Å²) in [5.74, 6) is -1.33. The van der Waals surface area contributed by atoms with Gasteiger partial charge in [-0.2, -0.15) is 0 Å². The molecule has 1 aromatic heterocycles. The van der Waals surface area contributed by atoms with Gasteiger partial charge in [0.2, 0.25) is 5.91 Å². The molecule has 0 saturated carbocycles. The second-order valence-electron chi connectivity index (χ2n) is 6.45. The smallest absolute Gasteiger partial charge is 0.329 e. The highest BCUT2D eigenvalue weighted by Gasteiger charge is 2.32. The van der Waals surface area contributed by atoms with Crippen LogP contribution in [-0.4, -0.2) is 22.5 Å². The van der Waals surface area contributed by atoms with Gasteiger partial charge in [-0.15, -0.1) is 0 Å². The van der Waals surface area contributed by atoms with Crippen LogP contribution in [0.4, 0.5) is 0 Å². The molecule has 1 amide bonds. The summed E-state index contributed by atoms with van der Waals surface area (Å²) < 4.78 is 5.58. The van der Waals surface area contributed by atoms with Gasteiger partial charge in [0.15, 0.2) is 0 Å². The lowest BCUT2D eigenvalue weighted by atomic mass is 9.98. The van der Waals surface area contributed by atoms with Gasteiger partial charge in [-0.1, -0.05) is 6.92 Å². The van der Waals surface area contributed by atoms with Crippen LogP contribution in [0.15, 0.2) is 22.8 Å². The van der Waals surface area contributed by atoms with Gasteiger partial charge in [0.05, 0.1) is 12.7 Å². The predicted molar refractivity (Wildman–Crippen MR) is 86.4 cm³/mol. The highest BCUT2D eigenvalue weighted by molar-refractivity contribution is 5.91. The molecule has 0 spiro atoms. The van der Waals surface area contributed by atoms with Gasteiger partial charge in [-0.25, -0.2) is 4.79 Å². The number of amides is 1. The van der Waals surface area contributed by atoms with E-state index >= 15 is 0 Å². The fourth-order valence-electron chi connectivity index (χ4n) is 3.10. The number of aryl methyl sites for hydroxylation is 2. The summed E-state index contributed by atoms with van der Waals surface area (Å²) in [4.78, 5) is 23.5. The minimum atomic E-state index is -1.24. The molecule has 5 heteroatoms. The second-order valence-corrected chi connectivity index (χ2v) is 6.45. The van der Waals surface area contributed by atoms with Crippen molar-refractivity contribution in [2.24, 2.45) is 0 Å². The Bertz CT molecular complexity index is 777. The number of fused-ring (bicyclic) bond motifs is 2. The van der Waals surface area contributed by atoms with E-state index in [1.54, 1.807) is 13.2 Å². The number of nitrogens with one attached hydrogen (secondary N) is 1. The minimum Gasteiger partial charge on any atom is -0.480 e. The maximum absolute atomic E-state index is 12.3. The molecule has 2 aromatic rings. The summed E-state index contributed by atoms with van der Waals surface area (Å²) in [5.41, 5.74) is 3.01. The molecule has 3 rings (SSSR count). The Labute approximate surface area is 134 Å². The topological polar surface area (TPSA) is 79.5 Å². The Morgan fingerprint density at radius 1 is 1.30 bits per heavy atom. The highest BCUT2D eigenvalue weighted by Crippen LogP contribution is 2.30. The molecule has 0 saturated heterocycles. The number of carboxylic acids is 1.